The minimum Gasteiger partial charge on any atom is -0.0802 e. The average Bonchev–Trinajstić information content (AvgIpc) is 2.47. The van der Waals surface area contributed by atoms with E-state index in [1.54, 1.807) is 11.1 Å². The second-order valence-electron chi connectivity index (χ2n) is 5.54. The molecule has 0 aromatic heterocycles. The maximum absolute atomic E-state index is 2.38. The van der Waals surface area contributed by atoms with E-state index in [0.29, 0.717) is 5.41 Å². The third-order valence-electron chi connectivity index (χ3n) is 3.62. The van der Waals surface area contributed by atoms with Crippen LogP contribution in [0.15, 0.2) is 23.3 Å². The lowest BCUT2D eigenvalue weighted by atomic mass is 9.71. The Morgan fingerprint density at radius 3 is 2.77 bits per heavy atom. The van der Waals surface area contributed by atoms with Gasteiger partial charge in [-0.2, -0.15) is 0 Å². The van der Waals surface area contributed by atoms with Crippen molar-refractivity contribution in [3.63, 3.8) is 0 Å². The summed E-state index contributed by atoms with van der Waals surface area (Å²) in [6, 6.07) is 0. The number of hydrogen-bond acceptors (Lipinski definition) is 0. The van der Waals surface area contributed by atoms with Crippen LogP contribution in [0.2, 0.25) is 0 Å². The fourth-order valence-corrected chi connectivity index (χ4v) is 2.52. The molecular weight excluding hydrogens is 156 g/mol. The van der Waals surface area contributed by atoms with Gasteiger partial charge in [0.05, 0.1) is 0 Å². The zero-order valence-corrected chi connectivity index (χ0v) is 9.06. The molecule has 2 rings (SSSR count). The molecule has 0 saturated heterocycles. The summed E-state index contributed by atoms with van der Waals surface area (Å²) in [7, 11) is 0. The molecule has 1 unspecified atom stereocenters. The maximum Gasteiger partial charge on any atom is -0.0130 e. The SMILES string of the molecule is CC(C)(C)C1CCC2=C(C=CC2)C1. The summed E-state index contributed by atoms with van der Waals surface area (Å²) in [6.07, 6.45) is 10.0. The first kappa shape index (κ1) is 9.05. The molecule has 0 aliphatic heterocycles. The first-order valence-corrected chi connectivity index (χ1v) is 5.45. The van der Waals surface area contributed by atoms with Gasteiger partial charge in [0.2, 0.25) is 0 Å². The lowest BCUT2D eigenvalue weighted by Crippen LogP contribution is -2.23. The molecular formula is C13H20. The van der Waals surface area contributed by atoms with Crippen LogP contribution in [0.3, 0.4) is 0 Å². The van der Waals surface area contributed by atoms with Crippen molar-refractivity contribution in [2.45, 2.75) is 46.5 Å². The van der Waals surface area contributed by atoms with E-state index < -0.39 is 0 Å². The highest BCUT2D eigenvalue weighted by Crippen LogP contribution is 2.43. The normalized spacial score (nSPS) is 28.1. The molecule has 0 radical (unpaired) electrons. The third-order valence-corrected chi connectivity index (χ3v) is 3.62. The van der Waals surface area contributed by atoms with Crippen LogP contribution in [0.4, 0.5) is 0 Å². The summed E-state index contributed by atoms with van der Waals surface area (Å²) in [4.78, 5) is 0. The van der Waals surface area contributed by atoms with Gasteiger partial charge in [-0.3, -0.25) is 0 Å². The molecule has 0 spiro atoms. The molecule has 13 heavy (non-hydrogen) atoms. The van der Waals surface area contributed by atoms with Gasteiger partial charge in [0.15, 0.2) is 0 Å². The van der Waals surface area contributed by atoms with Crippen LogP contribution in [0.1, 0.15) is 46.5 Å². The van der Waals surface area contributed by atoms with Gasteiger partial charge in [0.1, 0.15) is 0 Å². The van der Waals surface area contributed by atoms with Crippen molar-refractivity contribution in [1.82, 2.24) is 0 Å². The Bertz CT molecular complexity index is 260. The van der Waals surface area contributed by atoms with Crippen molar-refractivity contribution in [3.8, 4) is 0 Å². The fraction of sp³-hybridized carbons (Fsp3) is 0.692. The van der Waals surface area contributed by atoms with Crippen molar-refractivity contribution >= 4 is 0 Å². The van der Waals surface area contributed by atoms with Crippen molar-refractivity contribution < 1.29 is 0 Å². The molecule has 0 saturated carbocycles. The molecule has 2 aliphatic carbocycles. The molecule has 0 aromatic carbocycles. The highest BCUT2D eigenvalue weighted by molar-refractivity contribution is 5.35. The second-order valence-corrected chi connectivity index (χ2v) is 5.54. The van der Waals surface area contributed by atoms with Gasteiger partial charge in [-0.05, 0) is 42.6 Å². The first-order chi connectivity index (χ1) is 6.07. The Morgan fingerprint density at radius 2 is 2.08 bits per heavy atom. The predicted molar refractivity (Wildman–Crippen MR) is 57.6 cm³/mol. The number of hydrogen-bond donors (Lipinski definition) is 0. The molecule has 0 fully saturated rings. The van der Waals surface area contributed by atoms with E-state index in [1.165, 1.54) is 25.7 Å². The molecule has 0 bridgehead atoms. The molecule has 0 nitrogen and oxygen atoms in total. The summed E-state index contributed by atoms with van der Waals surface area (Å²) < 4.78 is 0. The molecule has 72 valence electrons. The summed E-state index contributed by atoms with van der Waals surface area (Å²) in [5.41, 5.74) is 3.88. The van der Waals surface area contributed by atoms with Gasteiger partial charge < -0.3 is 0 Å². The Labute approximate surface area is 81.7 Å². The van der Waals surface area contributed by atoms with Gasteiger partial charge in [-0.25, -0.2) is 0 Å². The molecule has 0 amide bonds. The Morgan fingerprint density at radius 1 is 1.31 bits per heavy atom. The minimum absolute atomic E-state index is 0.495. The van der Waals surface area contributed by atoms with Crippen molar-refractivity contribution in [1.29, 1.82) is 0 Å². The summed E-state index contributed by atoms with van der Waals surface area (Å²) in [5, 5.41) is 0. The van der Waals surface area contributed by atoms with E-state index in [9.17, 15) is 0 Å². The zero-order valence-electron chi connectivity index (χ0n) is 9.06. The number of rotatable bonds is 0. The van der Waals surface area contributed by atoms with Crippen LogP contribution < -0.4 is 0 Å². The van der Waals surface area contributed by atoms with Crippen LogP contribution in [-0.4, -0.2) is 0 Å². The summed E-state index contributed by atoms with van der Waals surface area (Å²) >= 11 is 0. The minimum atomic E-state index is 0.495. The molecule has 1 atom stereocenters. The maximum atomic E-state index is 2.38. The molecule has 0 heteroatoms. The van der Waals surface area contributed by atoms with Gasteiger partial charge in [-0.15, -0.1) is 0 Å². The zero-order chi connectivity index (χ0) is 9.47. The van der Waals surface area contributed by atoms with Gasteiger partial charge in [-0.1, -0.05) is 38.5 Å². The predicted octanol–water partition coefficient (Wildman–Crippen LogP) is 4.09. The van der Waals surface area contributed by atoms with E-state index in [2.05, 4.69) is 32.9 Å². The van der Waals surface area contributed by atoms with Crippen LogP contribution in [0, 0.1) is 11.3 Å². The summed E-state index contributed by atoms with van der Waals surface area (Å²) in [6.45, 7) is 7.13. The van der Waals surface area contributed by atoms with Gasteiger partial charge >= 0.3 is 0 Å². The molecule has 2 aliphatic rings. The van der Waals surface area contributed by atoms with Crippen LogP contribution >= 0.6 is 0 Å². The average molecular weight is 176 g/mol. The van der Waals surface area contributed by atoms with Crippen LogP contribution in [-0.2, 0) is 0 Å². The summed E-state index contributed by atoms with van der Waals surface area (Å²) in [5.74, 6) is 0.897. The standard InChI is InChI=1S/C13H20/c1-13(2,3)12-8-7-10-5-4-6-11(10)9-12/h4,6,12H,5,7-9H2,1-3H3. The van der Waals surface area contributed by atoms with Gasteiger partial charge in [0, 0.05) is 0 Å². The Hall–Kier alpha value is -0.520. The van der Waals surface area contributed by atoms with Gasteiger partial charge in [0.25, 0.3) is 0 Å². The fourth-order valence-electron chi connectivity index (χ4n) is 2.52. The van der Waals surface area contributed by atoms with E-state index in [-0.39, 0.29) is 0 Å². The molecule has 0 aromatic rings. The van der Waals surface area contributed by atoms with E-state index in [4.69, 9.17) is 0 Å². The lowest BCUT2D eigenvalue weighted by molar-refractivity contribution is 0.217. The third kappa shape index (κ3) is 1.72. The monoisotopic (exact) mass is 176 g/mol. The van der Waals surface area contributed by atoms with E-state index in [0.717, 1.165) is 5.92 Å². The van der Waals surface area contributed by atoms with E-state index >= 15 is 0 Å². The largest absolute Gasteiger partial charge is 0.0802 e. The highest BCUT2D eigenvalue weighted by atomic mass is 14.3. The first-order valence-electron chi connectivity index (χ1n) is 5.45. The van der Waals surface area contributed by atoms with Crippen LogP contribution in [0.25, 0.3) is 0 Å². The Kier molecular flexibility index (Phi) is 2.09. The quantitative estimate of drug-likeness (QED) is 0.521. The smallest absolute Gasteiger partial charge is 0.0130 e. The topological polar surface area (TPSA) is 0 Å². The number of allylic oxidation sites excluding steroid dienone is 4. The highest BCUT2D eigenvalue weighted by Gasteiger charge is 2.29. The van der Waals surface area contributed by atoms with E-state index in [1.807, 2.05) is 0 Å². The Balaban J connectivity index is 2.11. The lowest BCUT2D eigenvalue weighted by Gasteiger charge is -2.34. The second kappa shape index (κ2) is 3.01. The van der Waals surface area contributed by atoms with Crippen LogP contribution in [0.5, 0.6) is 0 Å². The molecule has 0 heterocycles. The molecule has 0 N–H and O–H groups in total. The van der Waals surface area contributed by atoms with Crippen molar-refractivity contribution in [2.75, 3.05) is 0 Å². The van der Waals surface area contributed by atoms with Crippen molar-refractivity contribution in [2.24, 2.45) is 11.3 Å². The van der Waals surface area contributed by atoms with Crippen molar-refractivity contribution in [3.05, 3.63) is 23.3 Å².